The first-order valence-corrected chi connectivity index (χ1v) is 4.47. The number of thioether (sulfide) groups is 1. The van der Waals surface area contributed by atoms with Crippen LogP contribution in [0.15, 0.2) is 30.3 Å². The van der Waals surface area contributed by atoms with E-state index in [1.807, 2.05) is 18.2 Å². The standard InChI is InChI=1S/C9H10OS/c1-8(10)11-7-9-5-3-2-4-6-9/h2-6H,7H2,1H3/p+1. The monoisotopic (exact) mass is 167 g/mol. The minimum absolute atomic E-state index is 0.425. The van der Waals surface area contributed by atoms with Crippen LogP contribution in [0, 0.1) is 0 Å². The van der Waals surface area contributed by atoms with Gasteiger partial charge >= 0.3 is 5.12 Å². The van der Waals surface area contributed by atoms with Gasteiger partial charge in [0.15, 0.2) is 0 Å². The smallest absolute Gasteiger partial charge is 0.272 e. The lowest BCUT2D eigenvalue weighted by Gasteiger charge is -1.93. The van der Waals surface area contributed by atoms with Crippen LogP contribution in [-0.4, -0.2) is 9.91 Å². The summed E-state index contributed by atoms with van der Waals surface area (Å²) < 4.78 is 0. The molecule has 0 bridgehead atoms. The van der Waals surface area contributed by atoms with Gasteiger partial charge in [-0.2, -0.15) is 0 Å². The van der Waals surface area contributed by atoms with Crippen LogP contribution in [-0.2, 0) is 5.75 Å². The van der Waals surface area contributed by atoms with Crippen molar-refractivity contribution in [2.45, 2.75) is 12.7 Å². The van der Waals surface area contributed by atoms with Crippen molar-refractivity contribution in [2.24, 2.45) is 0 Å². The van der Waals surface area contributed by atoms with E-state index in [4.69, 9.17) is 4.79 Å². The highest BCUT2D eigenvalue weighted by Gasteiger charge is 1.99. The molecule has 1 rings (SSSR count). The molecule has 0 aliphatic carbocycles. The minimum Gasteiger partial charge on any atom is -0.272 e. The molecule has 0 fully saturated rings. The molecule has 0 unspecified atom stereocenters. The molecular formula is C9H11OS+. The van der Waals surface area contributed by atoms with Crippen molar-refractivity contribution < 1.29 is 4.79 Å². The van der Waals surface area contributed by atoms with E-state index in [0.29, 0.717) is 5.12 Å². The fourth-order valence-corrected chi connectivity index (χ4v) is 1.33. The van der Waals surface area contributed by atoms with Gasteiger partial charge in [-0.3, -0.25) is 4.79 Å². The quantitative estimate of drug-likeness (QED) is 0.620. The van der Waals surface area contributed by atoms with Crippen molar-refractivity contribution in [3.8, 4) is 0 Å². The molecule has 0 saturated heterocycles. The molecule has 1 aromatic rings. The molecule has 58 valence electrons. The van der Waals surface area contributed by atoms with Crippen molar-refractivity contribution in [1.29, 1.82) is 0 Å². The summed E-state index contributed by atoms with van der Waals surface area (Å²) in [6.07, 6.45) is 0. The molecule has 0 amide bonds. The maximum Gasteiger partial charge on any atom is 0.348 e. The van der Waals surface area contributed by atoms with Gasteiger partial charge in [0.2, 0.25) is 0 Å². The van der Waals surface area contributed by atoms with Crippen molar-refractivity contribution in [3.05, 3.63) is 35.9 Å². The maximum absolute atomic E-state index is 8.89. The normalized spacial score (nSPS) is 9.55. The minimum atomic E-state index is 0.425. The first-order chi connectivity index (χ1) is 5.29. The van der Waals surface area contributed by atoms with Crippen molar-refractivity contribution in [3.63, 3.8) is 0 Å². The Bertz CT molecular complexity index is 231. The molecule has 11 heavy (non-hydrogen) atoms. The lowest BCUT2D eigenvalue weighted by molar-refractivity contribution is 0.686. The van der Waals surface area contributed by atoms with Gasteiger partial charge in [0, 0.05) is 5.75 Å². The Labute approximate surface area is 70.8 Å². The predicted octanol–water partition coefficient (Wildman–Crippen LogP) is 2.44. The zero-order valence-electron chi connectivity index (χ0n) is 6.45. The molecule has 1 aromatic carbocycles. The van der Waals surface area contributed by atoms with Crippen LogP contribution in [0.3, 0.4) is 0 Å². The fraction of sp³-hybridized carbons (Fsp3) is 0.222. The van der Waals surface area contributed by atoms with Gasteiger partial charge in [-0.1, -0.05) is 30.3 Å². The average molecular weight is 167 g/mol. The van der Waals surface area contributed by atoms with Crippen LogP contribution in [0.4, 0.5) is 0 Å². The highest BCUT2D eigenvalue weighted by molar-refractivity contribution is 8.12. The van der Waals surface area contributed by atoms with Crippen LogP contribution >= 0.6 is 11.8 Å². The third-order valence-electron chi connectivity index (χ3n) is 1.29. The molecule has 0 aromatic heterocycles. The molecule has 0 aliphatic rings. The van der Waals surface area contributed by atoms with E-state index in [-0.39, 0.29) is 0 Å². The molecule has 0 saturated carbocycles. The molecule has 1 N–H and O–H groups in total. The highest BCUT2D eigenvalue weighted by atomic mass is 32.2. The SMILES string of the molecule is CC(=[OH+])SCc1ccccc1. The van der Waals surface area contributed by atoms with Gasteiger partial charge in [-0.15, -0.1) is 0 Å². The van der Waals surface area contributed by atoms with E-state index < -0.39 is 0 Å². The third-order valence-corrected chi connectivity index (χ3v) is 2.19. The van der Waals surface area contributed by atoms with Crippen LogP contribution < -0.4 is 0 Å². The lowest BCUT2D eigenvalue weighted by atomic mass is 10.2. The predicted molar refractivity (Wildman–Crippen MR) is 50.4 cm³/mol. The van der Waals surface area contributed by atoms with Crippen molar-refractivity contribution in [2.75, 3.05) is 0 Å². The molecule has 0 radical (unpaired) electrons. The molecule has 0 aliphatic heterocycles. The van der Waals surface area contributed by atoms with Gasteiger partial charge in [-0.05, 0) is 17.3 Å². The Hall–Kier alpha value is -0.760. The Morgan fingerprint density at radius 2 is 2.00 bits per heavy atom. The molecule has 0 spiro atoms. The molecule has 2 heteroatoms. The molecule has 1 nitrogen and oxygen atoms in total. The topological polar surface area (TPSA) is 21.4 Å². The molecule has 0 atom stereocenters. The van der Waals surface area contributed by atoms with E-state index in [2.05, 4.69) is 12.1 Å². The number of hydrogen-bond acceptors (Lipinski definition) is 1. The maximum atomic E-state index is 8.89. The Balaban J connectivity index is 2.45. The lowest BCUT2D eigenvalue weighted by Crippen LogP contribution is -1.84. The van der Waals surface area contributed by atoms with Crippen LogP contribution in [0.1, 0.15) is 12.5 Å². The van der Waals surface area contributed by atoms with E-state index in [1.165, 1.54) is 17.3 Å². The second kappa shape index (κ2) is 4.19. The number of benzene rings is 1. The molecular weight excluding hydrogens is 156 g/mol. The zero-order valence-corrected chi connectivity index (χ0v) is 7.27. The van der Waals surface area contributed by atoms with E-state index in [0.717, 1.165) is 5.75 Å². The fourth-order valence-electron chi connectivity index (χ4n) is 0.762. The van der Waals surface area contributed by atoms with Crippen LogP contribution in [0.5, 0.6) is 0 Å². The number of rotatable bonds is 2. The summed E-state index contributed by atoms with van der Waals surface area (Å²) in [6.45, 7) is 1.70. The van der Waals surface area contributed by atoms with Crippen molar-refractivity contribution >= 4 is 16.9 Å². The zero-order chi connectivity index (χ0) is 8.10. The Morgan fingerprint density at radius 3 is 2.55 bits per heavy atom. The molecule has 0 heterocycles. The summed E-state index contributed by atoms with van der Waals surface area (Å²) in [5, 5.41) is 0.425. The largest absolute Gasteiger partial charge is 0.348 e. The summed E-state index contributed by atoms with van der Waals surface area (Å²) in [5.74, 6) is 0.850. The average Bonchev–Trinajstić information content (AvgIpc) is 2.03. The van der Waals surface area contributed by atoms with Gasteiger partial charge in [-0.25, -0.2) is 0 Å². The van der Waals surface area contributed by atoms with Gasteiger partial charge < -0.3 is 0 Å². The Morgan fingerprint density at radius 1 is 1.36 bits per heavy atom. The first-order valence-electron chi connectivity index (χ1n) is 3.48. The number of hydrogen-bond donors (Lipinski definition) is 0. The van der Waals surface area contributed by atoms with Crippen molar-refractivity contribution in [1.82, 2.24) is 0 Å². The van der Waals surface area contributed by atoms with Gasteiger partial charge in [0.1, 0.15) is 0 Å². The summed E-state index contributed by atoms with van der Waals surface area (Å²) in [7, 11) is 0. The third kappa shape index (κ3) is 3.23. The second-order valence-corrected chi connectivity index (χ2v) is 3.46. The van der Waals surface area contributed by atoms with Crippen LogP contribution in [0.2, 0.25) is 0 Å². The van der Waals surface area contributed by atoms with E-state index in [1.54, 1.807) is 6.92 Å². The summed E-state index contributed by atoms with van der Waals surface area (Å²) in [4.78, 5) is 8.89. The summed E-state index contributed by atoms with van der Waals surface area (Å²) in [6, 6.07) is 10.1. The highest BCUT2D eigenvalue weighted by Crippen LogP contribution is 2.11. The van der Waals surface area contributed by atoms with Gasteiger partial charge in [0.05, 0.1) is 6.92 Å². The summed E-state index contributed by atoms with van der Waals surface area (Å²) >= 11 is 1.46. The number of carbonyl (C=O) groups excluding carboxylic acids is 1. The summed E-state index contributed by atoms with van der Waals surface area (Å²) in [5.41, 5.74) is 1.24. The van der Waals surface area contributed by atoms with E-state index >= 15 is 0 Å². The Kier molecular flexibility index (Phi) is 3.17. The van der Waals surface area contributed by atoms with E-state index in [9.17, 15) is 0 Å². The second-order valence-electron chi connectivity index (χ2n) is 2.29. The van der Waals surface area contributed by atoms with Gasteiger partial charge in [0.25, 0.3) is 0 Å². The van der Waals surface area contributed by atoms with Crippen LogP contribution in [0.25, 0.3) is 0 Å². The first kappa shape index (κ1) is 8.34.